The molecule has 0 saturated heterocycles. The predicted molar refractivity (Wildman–Crippen MR) is 96.9 cm³/mol. The summed E-state index contributed by atoms with van der Waals surface area (Å²) in [6.45, 7) is 5.04. The van der Waals surface area contributed by atoms with E-state index < -0.39 is 11.9 Å². The third-order valence-electron chi connectivity index (χ3n) is 3.36. The molecule has 0 aliphatic carbocycles. The van der Waals surface area contributed by atoms with Crippen LogP contribution in [-0.2, 0) is 14.4 Å². The standard InChI is InChI=1S/C17H15N3O5S/c1-4-24-14-8-11(5-6-13(14)25-10(3)21)7-12-15(22)20-17(18-12)26-16(23)9(2)19-20/h5-8H,4H2,1-3H3. The van der Waals surface area contributed by atoms with Gasteiger partial charge in [0, 0.05) is 6.92 Å². The Hall–Kier alpha value is -2.94. The molecule has 134 valence electrons. The minimum absolute atomic E-state index is 0.154. The van der Waals surface area contributed by atoms with Gasteiger partial charge in [0.25, 0.3) is 5.91 Å². The zero-order chi connectivity index (χ0) is 18.8. The Morgan fingerprint density at radius 1 is 1.31 bits per heavy atom. The van der Waals surface area contributed by atoms with Crippen LogP contribution in [0.15, 0.2) is 34.0 Å². The first-order valence-electron chi connectivity index (χ1n) is 7.76. The topological polar surface area (TPSA) is 97.6 Å². The number of aliphatic imine (C=N–C) groups is 1. The number of nitrogens with zero attached hydrogens (tertiary/aromatic N) is 3. The van der Waals surface area contributed by atoms with Crippen LogP contribution in [0.2, 0.25) is 0 Å². The van der Waals surface area contributed by atoms with E-state index in [4.69, 9.17) is 9.47 Å². The molecule has 26 heavy (non-hydrogen) atoms. The summed E-state index contributed by atoms with van der Waals surface area (Å²) >= 11 is 0.866. The summed E-state index contributed by atoms with van der Waals surface area (Å²) < 4.78 is 10.6. The Labute approximate surface area is 153 Å². The first-order valence-corrected chi connectivity index (χ1v) is 8.58. The zero-order valence-electron chi connectivity index (χ0n) is 14.3. The highest BCUT2D eigenvalue weighted by molar-refractivity contribution is 8.27. The number of hydrogen-bond donors (Lipinski definition) is 0. The molecule has 1 aromatic carbocycles. The molecule has 2 aliphatic rings. The zero-order valence-corrected chi connectivity index (χ0v) is 15.1. The number of carbonyl (C=O) groups excluding carboxylic acids is 3. The van der Waals surface area contributed by atoms with E-state index in [1.807, 2.05) is 6.92 Å². The van der Waals surface area contributed by atoms with Gasteiger partial charge in [-0.25, -0.2) is 4.99 Å². The third-order valence-corrected chi connectivity index (χ3v) is 4.29. The fraction of sp³-hybridized carbons (Fsp3) is 0.235. The summed E-state index contributed by atoms with van der Waals surface area (Å²) in [4.78, 5) is 39.5. The highest BCUT2D eigenvalue weighted by Gasteiger charge is 2.36. The van der Waals surface area contributed by atoms with Crippen LogP contribution in [0.25, 0.3) is 6.08 Å². The maximum absolute atomic E-state index is 12.4. The summed E-state index contributed by atoms with van der Waals surface area (Å²) in [6, 6.07) is 4.90. The lowest BCUT2D eigenvalue weighted by Crippen LogP contribution is -2.32. The Bertz CT molecular complexity index is 904. The number of amides is 1. The molecule has 3 rings (SSSR count). The molecule has 0 unspecified atom stereocenters. The molecule has 0 radical (unpaired) electrons. The van der Waals surface area contributed by atoms with Crippen molar-refractivity contribution >= 4 is 45.7 Å². The van der Waals surface area contributed by atoms with Crippen molar-refractivity contribution in [3.05, 3.63) is 29.5 Å². The predicted octanol–water partition coefficient (Wildman–Crippen LogP) is 2.20. The van der Waals surface area contributed by atoms with Crippen LogP contribution in [0.3, 0.4) is 0 Å². The molecule has 0 atom stereocenters. The van der Waals surface area contributed by atoms with Crippen LogP contribution in [0, 0.1) is 0 Å². The maximum Gasteiger partial charge on any atom is 0.308 e. The van der Waals surface area contributed by atoms with Gasteiger partial charge in [0.15, 0.2) is 11.5 Å². The molecule has 9 heteroatoms. The number of benzene rings is 1. The number of esters is 1. The SMILES string of the molecule is CCOc1cc(C=C2N=C3SC(=O)C(C)=NN3C2=O)ccc1OC(C)=O. The van der Waals surface area contributed by atoms with E-state index in [0.717, 1.165) is 16.8 Å². The Balaban J connectivity index is 1.93. The summed E-state index contributed by atoms with van der Waals surface area (Å²) in [5.41, 5.74) is 1.03. The quantitative estimate of drug-likeness (QED) is 0.456. The van der Waals surface area contributed by atoms with Crippen LogP contribution >= 0.6 is 11.8 Å². The van der Waals surface area contributed by atoms with E-state index >= 15 is 0 Å². The van der Waals surface area contributed by atoms with E-state index in [1.165, 1.54) is 6.92 Å². The highest BCUT2D eigenvalue weighted by Crippen LogP contribution is 2.32. The lowest BCUT2D eigenvalue weighted by Gasteiger charge is -2.15. The van der Waals surface area contributed by atoms with E-state index in [0.29, 0.717) is 23.7 Å². The van der Waals surface area contributed by atoms with Crippen LogP contribution in [0.5, 0.6) is 11.5 Å². The number of hydrogen-bond acceptors (Lipinski definition) is 8. The second-order valence-corrected chi connectivity index (χ2v) is 6.29. The Morgan fingerprint density at radius 3 is 2.77 bits per heavy atom. The molecule has 1 aromatic rings. The number of amidine groups is 1. The summed E-state index contributed by atoms with van der Waals surface area (Å²) in [5, 5.41) is 5.08. The number of carbonyl (C=O) groups is 3. The van der Waals surface area contributed by atoms with Crippen molar-refractivity contribution in [1.82, 2.24) is 5.01 Å². The molecule has 0 fully saturated rings. The second kappa shape index (κ2) is 7.12. The molecule has 8 nitrogen and oxygen atoms in total. The lowest BCUT2D eigenvalue weighted by atomic mass is 10.1. The largest absolute Gasteiger partial charge is 0.490 e. The summed E-state index contributed by atoms with van der Waals surface area (Å²) in [7, 11) is 0. The monoisotopic (exact) mass is 373 g/mol. The molecule has 0 spiro atoms. The van der Waals surface area contributed by atoms with E-state index in [-0.39, 0.29) is 21.7 Å². The van der Waals surface area contributed by atoms with E-state index in [1.54, 1.807) is 31.2 Å². The second-order valence-electron chi connectivity index (χ2n) is 5.35. The van der Waals surface area contributed by atoms with Crippen molar-refractivity contribution in [2.75, 3.05) is 6.61 Å². The van der Waals surface area contributed by atoms with Gasteiger partial charge in [-0.3, -0.25) is 14.4 Å². The van der Waals surface area contributed by atoms with Gasteiger partial charge in [0.2, 0.25) is 10.3 Å². The smallest absolute Gasteiger partial charge is 0.308 e. The lowest BCUT2D eigenvalue weighted by molar-refractivity contribution is -0.132. The van der Waals surface area contributed by atoms with Gasteiger partial charge in [-0.2, -0.15) is 10.1 Å². The molecule has 0 aromatic heterocycles. The van der Waals surface area contributed by atoms with Gasteiger partial charge in [0.05, 0.1) is 6.61 Å². The maximum atomic E-state index is 12.4. The third kappa shape index (κ3) is 3.52. The minimum atomic E-state index is -0.457. The van der Waals surface area contributed by atoms with Crippen molar-refractivity contribution in [2.24, 2.45) is 10.1 Å². The average molecular weight is 373 g/mol. The van der Waals surface area contributed by atoms with E-state index in [9.17, 15) is 14.4 Å². The van der Waals surface area contributed by atoms with Crippen molar-refractivity contribution in [3.63, 3.8) is 0 Å². The normalized spacial score (nSPS) is 17.8. The Morgan fingerprint density at radius 2 is 2.08 bits per heavy atom. The molecule has 1 amide bonds. The fourth-order valence-corrected chi connectivity index (χ4v) is 2.98. The van der Waals surface area contributed by atoms with E-state index in [2.05, 4.69) is 10.1 Å². The molecule has 2 heterocycles. The molecule has 2 aliphatic heterocycles. The molecular formula is C17H15N3O5S. The van der Waals surface area contributed by atoms with Gasteiger partial charge >= 0.3 is 5.97 Å². The van der Waals surface area contributed by atoms with Crippen molar-refractivity contribution in [2.45, 2.75) is 20.8 Å². The summed E-state index contributed by atoms with van der Waals surface area (Å²) in [6.07, 6.45) is 1.56. The average Bonchev–Trinajstić information content (AvgIpc) is 2.86. The van der Waals surface area contributed by atoms with Crippen LogP contribution in [0.4, 0.5) is 0 Å². The molecule has 0 bridgehead atoms. The first-order chi connectivity index (χ1) is 12.4. The number of thioether (sulfide) groups is 1. The molecular weight excluding hydrogens is 358 g/mol. The summed E-state index contributed by atoms with van der Waals surface area (Å²) in [5.74, 6) is -0.196. The van der Waals surface area contributed by atoms with Gasteiger partial charge in [0.1, 0.15) is 11.4 Å². The van der Waals surface area contributed by atoms with Gasteiger partial charge in [-0.1, -0.05) is 6.07 Å². The van der Waals surface area contributed by atoms with Crippen LogP contribution < -0.4 is 9.47 Å². The van der Waals surface area contributed by atoms with Crippen molar-refractivity contribution in [3.8, 4) is 11.5 Å². The molecule has 0 N–H and O–H groups in total. The molecule has 0 saturated carbocycles. The number of hydrazone groups is 1. The van der Waals surface area contributed by atoms with Crippen LogP contribution in [-0.4, -0.2) is 39.5 Å². The van der Waals surface area contributed by atoms with Crippen molar-refractivity contribution in [1.29, 1.82) is 0 Å². The number of rotatable bonds is 4. The van der Waals surface area contributed by atoms with Crippen molar-refractivity contribution < 1.29 is 23.9 Å². The minimum Gasteiger partial charge on any atom is -0.490 e. The highest BCUT2D eigenvalue weighted by atomic mass is 32.2. The first kappa shape index (κ1) is 17.9. The number of ether oxygens (including phenoxy) is 2. The Kier molecular flexibility index (Phi) is 4.90. The van der Waals surface area contributed by atoms with Gasteiger partial charge in [-0.05, 0) is 49.4 Å². The van der Waals surface area contributed by atoms with Gasteiger partial charge in [-0.15, -0.1) is 0 Å². The number of fused-ring (bicyclic) bond motifs is 1. The van der Waals surface area contributed by atoms with Gasteiger partial charge < -0.3 is 9.47 Å². The van der Waals surface area contributed by atoms with Crippen LogP contribution in [0.1, 0.15) is 26.3 Å². The fourth-order valence-electron chi connectivity index (χ4n) is 2.27.